The number of carbonyl (C=O) groups is 1. The molecular weight excluding hydrogens is 282 g/mol. The molecular formula is C17H19NO4. The largest absolute Gasteiger partial charge is 0.507 e. The lowest BCUT2D eigenvalue weighted by molar-refractivity contribution is -0.124. The van der Waals surface area contributed by atoms with Gasteiger partial charge >= 0.3 is 0 Å². The zero-order valence-corrected chi connectivity index (χ0v) is 12.4. The van der Waals surface area contributed by atoms with Gasteiger partial charge in [-0.2, -0.15) is 0 Å². The molecule has 0 radical (unpaired) electrons. The Labute approximate surface area is 128 Å². The van der Waals surface area contributed by atoms with Crippen LogP contribution >= 0.6 is 0 Å². The summed E-state index contributed by atoms with van der Waals surface area (Å²) in [4.78, 5) is 11.1. The second-order valence-corrected chi connectivity index (χ2v) is 5.75. The van der Waals surface area contributed by atoms with Gasteiger partial charge in [0.1, 0.15) is 5.75 Å². The molecule has 0 saturated carbocycles. The summed E-state index contributed by atoms with van der Waals surface area (Å²) in [7, 11) is 0. The number of hydrogen-bond donors (Lipinski definition) is 4. The molecule has 0 heterocycles. The molecule has 5 nitrogen and oxygen atoms in total. The van der Waals surface area contributed by atoms with Crippen LogP contribution in [0.25, 0.3) is 10.8 Å². The van der Waals surface area contributed by atoms with Gasteiger partial charge in [-0.3, -0.25) is 10.0 Å². The minimum atomic E-state index is -0.888. The average molecular weight is 301 g/mol. The van der Waals surface area contributed by atoms with Gasteiger partial charge < -0.3 is 10.2 Å². The van der Waals surface area contributed by atoms with E-state index in [0.29, 0.717) is 10.9 Å². The fourth-order valence-electron chi connectivity index (χ4n) is 2.36. The Morgan fingerprint density at radius 2 is 1.82 bits per heavy atom. The molecule has 5 heteroatoms. The number of aromatic hydroxyl groups is 1. The monoisotopic (exact) mass is 301 g/mol. The third-order valence-corrected chi connectivity index (χ3v) is 3.71. The number of phenolic OH excluding ortho intramolecular Hbond substituents is 1. The molecule has 0 aliphatic heterocycles. The van der Waals surface area contributed by atoms with Crippen LogP contribution < -0.4 is 5.48 Å². The van der Waals surface area contributed by atoms with Gasteiger partial charge in [0.15, 0.2) is 0 Å². The van der Waals surface area contributed by atoms with Gasteiger partial charge in [-0.1, -0.05) is 50.3 Å². The summed E-state index contributed by atoms with van der Waals surface area (Å²) < 4.78 is 0. The van der Waals surface area contributed by atoms with Crippen LogP contribution in [0.5, 0.6) is 5.75 Å². The molecule has 0 spiro atoms. The second-order valence-electron chi connectivity index (χ2n) is 5.75. The number of aliphatic hydroxyl groups excluding tert-OH is 1. The van der Waals surface area contributed by atoms with Crippen LogP contribution in [0.4, 0.5) is 0 Å². The molecule has 0 fully saturated rings. The first-order valence-corrected chi connectivity index (χ1v) is 6.89. The Morgan fingerprint density at radius 3 is 2.45 bits per heavy atom. The Morgan fingerprint density at radius 1 is 1.18 bits per heavy atom. The number of rotatable bonds is 4. The number of amides is 1. The summed E-state index contributed by atoms with van der Waals surface area (Å²) in [6.45, 7) is 3.56. The van der Waals surface area contributed by atoms with E-state index in [2.05, 4.69) is 0 Å². The van der Waals surface area contributed by atoms with E-state index in [-0.39, 0.29) is 5.75 Å². The summed E-state index contributed by atoms with van der Waals surface area (Å²) in [5.41, 5.74) is 1.43. The van der Waals surface area contributed by atoms with Crippen molar-refractivity contribution in [2.24, 2.45) is 5.41 Å². The maximum absolute atomic E-state index is 11.1. The second kappa shape index (κ2) is 6.17. The molecule has 0 aromatic heterocycles. The third-order valence-electron chi connectivity index (χ3n) is 3.71. The molecule has 1 amide bonds. The molecule has 2 rings (SSSR count). The van der Waals surface area contributed by atoms with E-state index in [1.807, 2.05) is 18.2 Å². The summed E-state index contributed by atoms with van der Waals surface area (Å²) in [6.07, 6.45) is 1.82. The first kappa shape index (κ1) is 16.0. The third kappa shape index (κ3) is 3.10. The van der Waals surface area contributed by atoms with Crippen LogP contribution in [0, 0.1) is 5.41 Å². The van der Waals surface area contributed by atoms with E-state index < -0.39 is 17.4 Å². The number of hydroxylamine groups is 1. The molecule has 0 saturated heterocycles. The number of benzene rings is 2. The standard InChI is InChI=1S/C17H19NO4/c1-17(2,10-9-15(20)18-22)16(21)13-7-8-14(19)12-6-4-3-5-11(12)13/h3-10,16,19,21-22H,1-2H3,(H,18,20)/b10-9+/t16-/m0/s1. The van der Waals surface area contributed by atoms with Crippen molar-refractivity contribution in [3.63, 3.8) is 0 Å². The van der Waals surface area contributed by atoms with Crippen LogP contribution in [-0.2, 0) is 4.79 Å². The first-order chi connectivity index (χ1) is 10.4. The molecule has 2 aromatic carbocycles. The van der Waals surface area contributed by atoms with Gasteiger partial charge in [0, 0.05) is 16.9 Å². The Kier molecular flexibility index (Phi) is 4.49. The molecule has 0 aliphatic rings. The minimum Gasteiger partial charge on any atom is -0.507 e. The normalized spacial score (nSPS) is 13.5. The van der Waals surface area contributed by atoms with Crippen molar-refractivity contribution < 1.29 is 20.2 Å². The van der Waals surface area contributed by atoms with Gasteiger partial charge in [-0.15, -0.1) is 0 Å². The van der Waals surface area contributed by atoms with Crippen molar-refractivity contribution in [2.45, 2.75) is 20.0 Å². The quantitative estimate of drug-likeness (QED) is 0.397. The molecule has 2 aromatic rings. The predicted octanol–water partition coefficient (Wildman–Crippen LogP) is 2.67. The van der Waals surface area contributed by atoms with Crippen LogP contribution in [0.2, 0.25) is 0 Å². The van der Waals surface area contributed by atoms with Gasteiger partial charge in [-0.05, 0) is 17.0 Å². The van der Waals surface area contributed by atoms with Crippen molar-refractivity contribution in [3.8, 4) is 5.75 Å². The van der Waals surface area contributed by atoms with E-state index in [1.165, 1.54) is 17.6 Å². The molecule has 0 aliphatic carbocycles. The maximum atomic E-state index is 11.1. The highest BCUT2D eigenvalue weighted by Crippen LogP contribution is 2.39. The zero-order valence-electron chi connectivity index (χ0n) is 12.4. The van der Waals surface area contributed by atoms with Crippen LogP contribution in [0.15, 0.2) is 48.6 Å². The average Bonchev–Trinajstić information content (AvgIpc) is 2.52. The summed E-state index contributed by atoms with van der Waals surface area (Å²) in [5.74, 6) is -0.504. The number of phenols is 1. The van der Waals surface area contributed by atoms with Gasteiger partial charge in [0.25, 0.3) is 5.91 Å². The Hall–Kier alpha value is -2.37. The fourth-order valence-corrected chi connectivity index (χ4v) is 2.36. The zero-order chi connectivity index (χ0) is 16.3. The van der Waals surface area contributed by atoms with Crippen molar-refractivity contribution in [1.29, 1.82) is 0 Å². The molecule has 1 atom stereocenters. The van der Waals surface area contributed by atoms with Crippen molar-refractivity contribution >= 4 is 16.7 Å². The van der Waals surface area contributed by atoms with Crippen molar-refractivity contribution in [2.75, 3.05) is 0 Å². The van der Waals surface area contributed by atoms with Crippen molar-refractivity contribution in [1.82, 2.24) is 5.48 Å². The summed E-state index contributed by atoms with van der Waals surface area (Å²) in [6, 6.07) is 10.5. The topological polar surface area (TPSA) is 89.8 Å². The molecule has 22 heavy (non-hydrogen) atoms. The minimum absolute atomic E-state index is 0.152. The molecule has 0 unspecified atom stereocenters. The fraction of sp³-hybridized carbons (Fsp3) is 0.235. The lowest BCUT2D eigenvalue weighted by atomic mass is 9.80. The Bertz CT molecular complexity index is 722. The SMILES string of the molecule is CC(C)(/C=C/C(=O)NO)[C@@H](O)c1ccc(O)c2ccccc12. The van der Waals surface area contributed by atoms with E-state index in [9.17, 15) is 15.0 Å². The first-order valence-electron chi connectivity index (χ1n) is 6.89. The van der Waals surface area contributed by atoms with Crippen LogP contribution in [-0.4, -0.2) is 21.3 Å². The molecule has 4 N–H and O–H groups in total. The molecule has 116 valence electrons. The number of hydrogen-bond acceptors (Lipinski definition) is 4. The number of nitrogens with one attached hydrogen (secondary N) is 1. The van der Waals surface area contributed by atoms with E-state index in [0.717, 1.165) is 5.39 Å². The van der Waals surface area contributed by atoms with Crippen LogP contribution in [0.1, 0.15) is 25.5 Å². The predicted molar refractivity (Wildman–Crippen MR) is 83.4 cm³/mol. The van der Waals surface area contributed by atoms with Crippen molar-refractivity contribution in [3.05, 3.63) is 54.1 Å². The van der Waals surface area contributed by atoms with Gasteiger partial charge in [0.05, 0.1) is 6.10 Å². The number of fused-ring (bicyclic) bond motifs is 1. The Balaban J connectivity index is 2.45. The van der Waals surface area contributed by atoms with Crippen LogP contribution in [0.3, 0.4) is 0 Å². The lowest BCUT2D eigenvalue weighted by Crippen LogP contribution is -2.22. The maximum Gasteiger partial charge on any atom is 0.267 e. The highest BCUT2D eigenvalue weighted by Gasteiger charge is 2.28. The highest BCUT2D eigenvalue weighted by molar-refractivity contribution is 5.91. The van der Waals surface area contributed by atoms with Gasteiger partial charge in [-0.25, -0.2) is 5.48 Å². The van der Waals surface area contributed by atoms with E-state index >= 15 is 0 Å². The summed E-state index contributed by atoms with van der Waals surface area (Å²) >= 11 is 0. The van der Waals surface area contributed by atoms with E-state index in [1.54, 1.807) is 32.0 Å². The smallest absolute Gasteiger partial charge is 0.267 e. The van der Waals surface area contributed by atoms with E-state index in [4.69, 9.17) is 5.21 Å². The number of carbonyl (C=O) groups excluding carboxylic acids is 1. The molecule has 0 bridgehead atoms. The highest BCUT2D eigenvalue weighted by atomic mass is 16.5. The number of aliphatic hydroxyl groups is 1. The van der Waals surface area contributed by atoms with Gasteiger partial charge in [0.2, 0.25) is 0 Å². The lowest BCUT2D eigenvalue weighted by Gasteiger charge is -2.28. The summed E-state index contributed by atoms with van der Waals surface area (Å²) in [5, 5.41) is 30.5.